The standard InChI is InChI=1S/C22H24/c1-4-5-6-7-10-18-13-14-21-16(2)19-11-8-9-12-20(19)17(3)22(21)15-18/h4,8-9,11-15H,1,5-7,10H2,2-3H3. The minimum absolute atomic E-state index is 1.12. The van der Waals surface area contributed by atoms with Crippen molar-refractivity contribution in [1.82, 2.24) is 0 Å². The fraction of sp³-hybridized carbons (Fsp3) is 0.273. The molecule has 0 aliphatic carbocycles. The van der Waals surface area contributed by atoms with E-state index in [-0.39, 0.29) is 0 Å². The third kappa shape index (κ3) is 2.66. The molecule has 0 spiro atoms. The van der Waals surface area contributed by atoms with Crippen LogP contribution in [0.4, 0.5) is 0 Å². The van der Waals surface area contributed by atoms with Crippen LogP contribution in [-0.2, 0) is 6.42 Å². The van der Waals surface area contributed by atoms with Crippen molar-refractivity contribution in [2.75, 3.05) is 0 Å². The molecule has 3 aromatic carbocycles. The van der Waals surface area contributed by atoms with Crippen LogP contribution < -0.4 is 0 Å². The highest BCUT2D eigenvalue weighted by atomic mass is 14.1. The van der Waals surface area contributed by atoms with Crippen molar-refractivity contribution in [3.05, 3.63) is 71.8 Å². The van der Waals surface area contributed by atoms with Crippen LogP contribution >= 0.6 is 0 Å². The van der Waals surface area contributed by atoms with Crippen molar-refractivity contribution in [1.29, 1.82) is 0 Å². The molecule has 0 fully saturated rings. The number of fused-ring (bicyclic) bond motifs is 2. The zero-order chi connectivity index (χ0) is 15.5. The molecule has 112 valence electrons. The van der Waals surface area contributed by atoms with Crippen LogP contribution in [0.5, 0.6) is 0 Å². The molecule has 0 heterocycles. The van der Waals surface area contributed by atoms with Crippen LogP contribution in [0.3, 0.4) is 0 Å². The first-order valence-electron chi connectivity index (χ1n) is 8.24. The fourth-order valence-electron chi connectivity index (χ4n) is 3.43. The molecule has 0 saturated heterocycles. The summed E-state index contributed by atoms with van der Waals surface area (Å²) in [5, 5.41) is 5.58. The summed E-state index contributed by atoms with van der Waals surface area (Å²) in [6.45, 7) is 8.30. The van der Waals surface area contributed by atoms with Gasteiger partial charge in [0.1, 0.15) is 0 Å². The maximum absolute atomic E-state index is 3.80. The Balaban J connectivity index is 2.06. The summed E-state index contributed by atoms with van der Waals surface area (Å²) in [7, 11) is 0. The number of rotatable bonds is 5. The summed E-state index contributed by atoms with van der Waals surface area (Å²) in [4.78, 5) is 0. The molecule has 22 heavy (non-hydrogen) atoms. The van der Waals surface area contributed by atoms with Gasteiger partial charge in [0.25, 0.3) is 0 Å². The predicted octanol–water partition coefficient (Wildman–Crippen LogP) is 6.51. The second-order valence-electron chi connectivity index (χ2n) is 6.21. The maximum atomic E-state index is 3.80. The Labute approximate surface area is 133 Å². The van der Waals surface area contributed by atoms with Crippen molar-refractivity contribution in [2.24, 2.45) is 0 Å². The highest BCUT2D eigenvalue weighted by Gasteiger charge is 2.08. The molecule has 3 aromatic rings. The van der Waals surface area contributed by atoms with Gasteiger partial charge in [-0.3, -0.25) is 0 Å². The molecule has 0 aromatic heterocycles. The summed E-state index contributed by atoms with van der Waals surface area (Å²) in [6.07, 6.45) is 6.77. The summed E-state index contributed by atoms with van der Waals surface area (Å²) in [6, 6.07) is 15.8. The molecule has 0 N–H and O–H groups in total. The van der Waals surface area contributed by atoms with Gasteiger partial charge in [-0.15, -0.1) is 6.58 Å². The van der Waals surface area contributed by atoms with E-state index >= 15 is 0 Å². The van der Waals surface area contributed by atoms with Crippen molar-refractivity contribution < 1.29 is 0 Å². The SMILES string of the molecule is C=CCCCCc1ccc2c(C)c3ccccc3c(C)c2c1. The van der Waals surface area contributed by atoms with Crippen LogP contribution in [0.25, 0.3) is 21.5 Å². The number of unbranched alkanes of at least 4 members (excludes halogenated alkanes) is 2. The number of allylic oxidation sites excluding steroid dienone is 1. The van der Waals surface area contributed by atoms with Gasteiger partial charge in [0.15, 0.2) is 0 Å². The molecular formula is C22H24. The van der Waals surface area contributed by atoms with Crippen molar-refractivity contribution in [3.63, 3.8) is 0 Å². The Kier molecular flexibility index (Phi) is 4.29. The molecule has 0 bridgehead atoms. The molecule has 0 saturated carbocycles. The molecule has 0 radical (unpaired) electrons. The van der Waals surface area contributed by atoms with Gasteiger partial charge in [0.2, 0.25) is 0 Å². The molecule has 0 aliphatic rings. The average molecular weight is 288 g/mol. The van der Waals surface area contributed by atoms with Gasteiger partial charge in [0, 0.05) is 0 Å². The Hall–Kier alpha value is -2.08. The third-order valence-corrected chi connectivity index (χ3v) is 4.75. The molecule has 0 unspecified atom stereocenters. The lowest BCUT2D eigenvalue weighted by atomic mass is 9.91. The van der Waals surface area contributed by atoms with Gasteiger partial charge in [-0.25, -0.2) is 0 Å². The summed E-state index contributed by atoms with van der Waals surface area (Å²) in [5.41, 5.74) is 4.26. The highest BCUT2D eigenvalue weighted by Crippen LogP contribution is 2.32. The summed E-state index contributed by atoms with van der Waals surface area (Å²) < 4.78 is 0. The van der Waals surface area contributed by atoms with Gasteiger partial charge >= 0.3 is 0 Å². The number of benzene rings is 3. The Bertz CT molecular complexity index is 824. The maximum Gasteiger partial charge on any atom is -0.0143 e. The minimum atomic E-state index is 1.12. The lowest BCUT2D eigenvalue weighted by Crippen LogP contribution is -1.91. The summed E-state index contributed by atoms with van der Waals surface area (Å²) in [5.74, 6) is 0. The monoisotopic (exact) mass is 288 g/mol. The zero-order valence-corrected chi connectivity index (χ0v) is 13.7. The molecule has 0 atom stereocenters. The van der Waals surface area contributed by atoms with Crippen LogP contribution in [0.15, 0.2) is 55.1 Å². The van der Waals surface area contributed by atoms with Crippen molar-refractivity contribution in [2.45, 2.75) is 39.5 Å². The van der Waals surface area contributed by atoms with E-state index in [2.05, 4.69) is 62.9 Å². The zero-order valence-electron chi connectivity index (χ0n) is 13.7. The van der Waals surface area contributed by atoms with E-state index in [1.807, 2.05) is 6.08 Å². The third-order valence-electron chi connectivity index (χ3n) is 4.75. The average Bonchev–Trinajstić information content (AvgIpc) is 2.56. The molecular weight excluding hydrogens is 264 g/mol. The van der Waals surface area contributed by atoms with Crippen LogP contribution in [-0.4, -0.2) is 0 Å². The topological polar surface area (TPSA) is 0 Å². The first kappa shape index (κ1) is 14.8. The lowest BCUT2D eigenvalue weighted by Gasteiger charge is -2.13. The van der Waals surface area contributed by atoms with E-state index in [1.54, 1.807) is 0 Å². The normalized spacial score (nSPS) is 11.2. The summed E-state index contributed by atoms with van der Waals surface area (Å²) >= 11 is 0. The molecule has 0 amide bonds. The van der Waals surface area contributed by atoms with E-state index in [0.717, 1.165) is 12.8 Å². The number of hydrogen-bond donors (Lipinski definition) is 0. The van der Waals surface area contributed by atoms with E-state index < -0.39 is 0 Å². The van der Waals surface area contributed by atoms with Crippen LogP contribution in [0.2, 0.25) is 0 Å². The highest BCUT2D eigenvalue weighted by molar-refractivity contribution is 6.05. The molecule has 0 nitrogen and oxygen atoms in total. The number of hydrogen-bond acceptors (Lipinski definition) is 0. The first-order chi connectivity index (χ1) is 10.7. The van der Waals surface area contributed by atoms with Gasteiger partial charge in [-0.2, -0.15) is 0 Å². The fourth-order valence-corrected chi connectivity index (χ4v) is 3.43. The lowest BCUT2D eigenvalue weighted by molar-refractivity contribution is 0.749. The molecule has 0 heteroatoms. The Morgan fingerprint density at radius 3 is 2.14 bits per heavy atom. The van der Waals surface area contributed by atoms with Crippen LogP contribution in [0.1, 0.15) is 36.0 Å². The van der Waals surface area contributed by atoms with E-state index in [4.69, 9.17) is 0 Å². The number of aryl methyl sites for hydroxylation is 3. The van der Waals surface area contributed by atoms with Gasteiger partial charge in [-0.05, 0) is 77.8 Å². The van der Waals surface area contributed by atoms with E-state index in [9.17, 15) is 0 Å². The molecule has 3 rings (SSSR count). The van der Waals surface area contributed by atoms with Gasteiger partial charge in [-0.1, -0.05) is 48.5 Å². The molecule has 0 aliphatic heterocycles. The quantitative estimate of drug-likeness (QED) is 0.285. The first-order valence-corrected chi connectivity index (χ1v) is 8.24. The Morgan fingerprint density at radius 1 is 0.818 bits per heavy atom. The Morgan fingerprint density at radius 2 is 1.45 bits per heavy atom. The largest absolute Gasteiger partial charge is 0.103 e. The minimum Gasteiger partial charge on any atom is -0.103 e. The predicted molar refractivity (Wildman–Crippen MR) is 98.7 cm³/mol. The van der Waals surface area contributed by atoms with E-state index in [0.29, 0.717) is 0 Å². The van der Waals surface area contributed by atoms with Crippen molar-refractivity contribution >= 4 is 21.5 Å². The smallest absolute Gasteiger partial charge is 0.0143 e. The van der Waals surface area contributed by atoms with E-state index in [1.165, 1.54) is 51.1 Å². The van der Waals surface area contributed by atoms with Gasteiger partial charge in [0.05, 0.1) is 0 Å². The second-order valence-corrected chi connectivity index (χ2v) is 6.21. The van der Waals surface area contributed by atoms with Crippen LogP contribution in [0, 0.1) is 13.8 Å². The van der Waals surface area contributed by atoms with Crippen molar-refractivity contribution in [3.8, 4) is 0 Å². The van der Waals surface area contributed by atoms with Gasteiger partial charge < -0.3 is 0 Å². The second kappa shape index (κ2) is 6.36.